The monoisotopic (exact) mass is 273 g/mol. The van der Waals surface area contributed by atoms with Gasteiger partial charge in [-0.25, -0.2) is 0 Å². The van der Waals surface area contributed by atoms with Gasteiger partial charge in [0.2, 0.25) is 0 Å². The van der Waals surface area contributed by atoms with E-state index in [1.807, 2.05) is 13.8 Å². The molecule has 19 heavy (non-hydrogen) atoms. The number of nitrogens with one attached hydrogen (secondary N) is 1. The Morgan fingerprint density at radius 1 is 0.947 bits per heavy atom. The third-order valence-corrected chi connectivity index (χ3v) is 3.59. The third-order valence-electron chi connectivity index (χ3n) is 3.59. The van der Waals surface area contributed by atoms with Crippen LogP contribution in [0.1, 0.15) is 66.7 Å². The maximum absolute atomic E-state index is 5.76. The van der Waals surface area contributed by atoms with Gasteiger partial charge in [0.15, 0.2) is 6.29 Å². The largest absolute Gasteiger partial charge is 0.351 e. The minimum atomic E-state index is -0.106. The normalized spacial score (nSPS) is 14.8. The molecule has 0 aromatic carbocycles. The van der Waals surface area contributed by atoms with Crippen LogP contribution in [0.15, 0.2) is 0 Å². The first-order valence-electron chi connectivity index (χ1n) is 8.19. The Morgan fingerprint density at radius 3 is 2.00 bits per heavy atom. The van der Waals surface area contributed by atoms with Crippen LogP contribution in [0.2, 0.25) is 0 Å². The predicted molar refractivity (Wildman–Crippen MR) is 82.4 cm³/mol. The SMILES string of the molecule is CCCCC(CC)CC(NCC)C(OCC)OCC. The number of ether oxygens (including phenoxy) is 2. The summed E-state index contributed by atoms with van der Waals surface area (Å²) in [6.45, 7) is 13.1. The van der Waals surface area contributed by atoms with Gasteiger partial charge in [-0.2, -0.15) is 0 Å². The van der Waals surface area contributed by atoms with Gasteiger partial charge in [0, 0.05) is 13.2 Å². The number of rotatable bonds is 13. The fourth-order valence-electron chi connectivity index (χ4n) is 2.50. The lowest BCUT2D eigenvalue weighted by Gasteiger charge is -2.30. The molecule has 3 nitrogen and oxygen atoms in total. The molecule has 1 N–H and O–H groups in total. The maximum Gasteiger partial charge on any atom is 0.172 e. The molecule has 0 heterocycles. The van der Waals surface area contributed by atoms with Gasteiger partial charge < -0.3 is 14.8 Å². The van der Waals surface area contributed by atoms with Crippen molar-refractivity contribution in [3.8, 4) is 0 Å². The Morgan fingerprint density at radius 2 is 1.58 bits per heavy atom. The van der Waals surface area contributed by atoms with Crippen molar-refractivity contribution in [3.05, 3.63) is 0 Å². The van der Waals surface area contributed by atoms with E-state index < -0.39 is 0 Å². The lowest BCUT2D eigenvalue weighted by molar-refractivity contribution is -0.156. The van der Waals surface area contributed by atoms with Gasteiger partial charge in [-0.05, 0) is 32.7 Å². The highest BCUT2D eigenvalue weighted by molar-refractivity contribution is 4.75. The van der Waals surface area contributed by atoms with Crippen LogP contribution in [0.4, 0.5) is 0 Å². The number of hydrogen-bond acceptors (Lipinski definition) is 3. The third kappa shape index (κ3) is 8.61. The lowest BCUT2D eigenvalue weighted by Crippen LogP contribution is -2.44. The Labute approximate surface area is 120 Å². The first-order chi connectivity index (χ1) is 9.23. The van der Waals surface area contributed by atoms with Gasteiger partial charge in [-0.1, -0.05) is 46.5 Å². The Bertz CT molecular complexity index is 182. The molecular formula is C16H35NO2. The molecule has 0 aromatic heterocycles. The van der Waals surface area contributed by atoms with E-state index in [9.17, 15) is 0 Å². The molecule has 3 heteroatoms. The van der Waals surface area contributed by atoms with Crippen molar-refractivity contribution in [3.63, 3.8) is 0 Å². The van der Waals surface area contributed by atoms with Gasteiger partial charge in [-0.3, -0.25) is 0 Å². The van der Waals surface area contributed by atoms with Crippen LogP contribution < -0.4 is 5.32 Å². The average molecular weight is 273 g/mol. The molecule has 2 unspecified atom stereocenters. The molecule has 0 amide bonds. The van der Waals surface area contributed by atoms with Crippen molar-refractivity contribution in [2.24, 2.45) is 5.92 Å². The highest BCUT2D eigenvalue weighted by atomic mass is 16.7. The predicted octanol–water partition coefficient (Wildman–Crippen LogP) is 3.97. The Balaban J connectivity index is 4.46. The Kier molecular flexibility index (Phi) is 12.8. The van der Waals surface area contributed by atoms with Gasteiger partial charge >= 0.3 is 0 Å². The molecule has 0 aliphatic heterocycles. The average Bonchev–Trinajstić information content (AvgIpc) is 2.42. The van der Waals surface area contributed by atoms with Crippen LogP contribution in [0, 0.1) is 5.92 Å². The van der Waals surface area contributed by atoms with Gasteiger partial charge in [0.25, 0.3) is 0 Å². The fourth-order valence-corrected chi connectivity index (χ4v) is 2.50. The smallest absolute Gasteiger partial charge is 0.172 e. The standard InChI is InChI=1S/C16H35NO2/c1-6-11-12-14(7-2)13-15(17-8-3)16(18-9-4)19-10-5/h14-17H,6-13H2,1-5H3. The van der Waals surface area contributed by atoms with Crippen molar-refractivity contribution < 1.29 is 9.47 Å². The molecule has 0 radical (unpaired) electrons. The van der Waals surface area contributed by atoms with E-state index >= 15 is 0 Å². The maximum atomic E-state index is 5.76. The minimum Gasteiger partial charge on any atom is -0.351 e. The van der Waals surface area contributed by atoms with Crippen molar-refractivity contribution >= 4 is 0 Å². The Hall–Kier alpha value is -0.120. The van der Waals surface area contributed by atoms with E-state index in [1.165, 1.54) is 25.7 Å². The van der Waals surface area contributed by atoms with Crippen molar-refractivity contribution in [2.45, 2.75) is 79.1 Å². The number of likely N-dealkylation sites (N-methyl/N-ethyl adjacent to an activating group) is 1. The van der Waals surface area contributed by atoms with Gasteiger partial charge in [0.05, 0.1) is 6.04 Å². The molecular weight excluding hydrogens is 238 g/mol. The van der Waals surface area contributed by atoms with Crippen molar-refractivity contribution in [1.29, 1.82) is 0 Å². The molecule has 0 aliphatic rings. The molecule has 0 spiro atoms. The molecule has 2 atom stereocenters. The van der Waals surface area contributed by atoms with Crippen molar-refractivity contribution in [2.75, 3.05) is 19.8 Å². The highest BCUT2D eigenvalue weighted by Gasteiger charge is 2.24. The summed E-state index contributed by atoms with van der Waals surface area (Å²) in [6.07, 6.45) is 6.21. The second kappa shape index (κ2) is 12.9. The first kappa shape index (κ1) is 18.9. The second-order valence-electron chi connectivity index (χ2n) is 5.10. The second-order valence-corrected chi connectivity index (χ2v) is 5.10. The van der Waals surface area contributed by atoms with Crippen LogP contribution in [0.25, 0.3) is 0 Å². The van der Waals surface area contributed by atoms with E-state index in [2.05, 4.69) is 26.1 Å². The van der Waals surface area contributed by atoms with Gasteiger partial charge in [-0.15, -0.1) is 0 Å². The summed E-state index contributed by atoms with van der Waals surface area (Å²) in [5.41, 5.74) is 0. The van der Waals surface area contributed by atoms with Crippen LogP contribution >= 0.6 is 0 Å². The van der Waals surface area contributed by atoms with E-state index in [0.717, 1.165) is 18.9 Å². The fraction of sp³-hybridized carbons (Fsp3) is 1.00. The summed E-state index contributed by atoms with van der Waals surface area (Å²) >= 11 is 0. The van der Waals surface area contributed by atoms with E-state index in [4.69, 9.17) is 9.47 Å². The molecule has 0 fully saturated rings. The van der Waals surface area contributed by atoms with Crippen LogP contribution in [-0.2, 0) is 9.47 Å². The van der Waals surface area contributed by atoms with Gasteiger partial charge in [0.1, 0.15) is 0 Å². The van der Waals surface area contributed by atoms with Crippen LogP contribution in [0.3, 0.4) is 0 Å². The molecule has 116 valence electrons. The van der Waals surface area contributed by atoms with E-state index in [1.54, 1.807) is 0 Å². The summed E-state index contributed by atoms with van der Waals surface area (Å²) in [4.78, 5) is 0. The van der Waals surface area contributed by atoms with Crippen LogP contribution in [0.5, 0.6) is 0 Å². The minimum absolute atomic E-state index is 0.106. The van der Waals surface area contributed by atoms with E-state index in [0.29, 0.717) is 19.3 Å². The lowest BCUT2D eigenvalue weighted by atomic mass is 9.91. The topological polar surface area (TPSA) is 30.5 Å². The molecule has 0 bridgehead atoms. The van der Waals surface area contributed by atoms with E-state index in [-0.39, 0.29) is 6.29 Å². The van der Waals surface area contributed by atoms with Crippen molar-refractivity contribution in [1.82, 2.24) is 5.32 Å². The summed E-state index contributed by atoms with van der Waals surface area (Å²) in [5.74, 6) is 0.771. The first-order valence-corrected chi connectivity index (χ1v) is 8.19. The van der Waals surface area contributed by atoms with Crippen LogP contribution in [-0.4, -0.2) is 32.1 Å². The zero-order chi connectivity index (χ0) is 14.5. The quantitative estimate of drug-likeness (QED) is 0.515. The number of unbranched alkanes of at least 4 members (excludes halogenated alkanes) is 1. The summed E-state index contributed by atoms with van der Waals surface area (Å²) in [5, 5.41) is 3.54. The molecule has 0 aromatic rings. The molecule has 0 saturated carbocycles. The zero-order valence-corrected chi connectivity index (χ0v) is 13.7. The summed E-state index contributed by atoms with van der Waals surface area (Å²) in [7, 11) is 0. The molecule has 0 rings (SSSR count). The number of hydrogen-bond donors (Lipinski definition) is 1. The summed E-state index contributed by atoms with van der Waals surface area (Å²) in [6, 6.07) is 0.312. The molecule has 0 saturated heterocycles. The zero-order valence-electron chi connectivity index (χ0n) is 13.7. The highest BCUT2D eigenvalue weighted by Crippen LogP contribution is 2.21. The summed E-state index contributed by atoms with van der Waals surface area (Å²) < 4.78 is 11.5. The molecule has 0 aliphatic carbocycles.